The molecule has 3 heterocycles. The van der Waals surface area contributed by atoms with Crippen LogP contribution < -0.4 is 10.3 Å². The molecule has 1 aliphatic rings. The minimum Gasteiger partial charge on any atom is -0.487 e. The van der Waals surface area contributed by atoms with E-state index in [4.69, 9.17) is 4.74 Å². The fourth-order valence-electron chi connectivity index (χ4n) is 3.64. The van der Waals surface area contributed by atoms with Crippen LogP contribution in [0.5, 0.6) is 5.75 Å². The minimum absolute atomic E-state index is 0.00818. The lowest BCUT2D eigenvalue weighted by Gasteiger charge is -2.16. The predicted molar refractivity (Wildman–Crippen MR) is 98.5 cm³/mol. The van der Waals surface area contributed by atoms with Crippen molar-refractivity contribution in [3.63, 3.8) is 0 Å². The Kier molecular flexibility index (Phi) is 3.45. The van der Waals surface area contributed by atoms with Crippen molar-refractivity contribution in [1.82, 2.24) is 14.6 Å². The SMILES string of the molecule is CC(C)c1c(-c2ccc3c(c2)CC(C)(C)O3)[nH]c2c(C#N)cnn2c1=O. The first-order valence-electron chi connectivity index (χ1n) is 8.67. The number of ether oxygens (including phenoxy) is 1. The second-order valence-corrected chi connectivity index (χ2v) is 7.67. The van der Waals surface area contributed by atoms with Gasteiger partial charge in [0, 0.05) is 12.0 Å². The standard InChI is InChI=1S/C20H20N4O2/c1-11(2)16-17(23-18-14(9-21)10-22-24(18)19(16)25)12-5-6-15-13(7-12)8-20(3,4)26-15/h5-7,10-11,23H,8H2,1-4H3. The van der Waals surface area contributed by atoms with Crippen molar-refractivity contribution < 1.29 is 4.74 Å². The van der Waals surface area contributed by atoms with Gasteiger partial charge in [-0.15, -0.1) is 0 Å². The first-order valence-corrected chi connectivity index (χ1v) is 8.67. The number of benzene rings is 1. The maximum absolute atomic E-state index is 13.0. The number of fused-ring (bicyclic) bond motifs is 2. The summed E-state index contributed by atoms with van der Waals surface area (Å²) in [6.45, 7) is 8.08. The van der Waals surface area contributed by atoms with Crippen molar-refractivity contribution in [2.45, 2.75) is 45.6 Å². The summed E-state index contributed by atoms with van der Waals surface area (Å²) in [5, 5.41) is 13.4. The molecular weight excluding hydrogens is 328 g/mol. The lowest BCUT2D eigenvalue weighted by atomic mass is 9.95. The molecule has 3 aromatic rings. The van der Waals surface area contributed by atoms with E-state index in [1.165, 1.54) is 10.7 Å². The summed E-state index contributed by atoms with van der Waals surface area (Å²) in [6.07, 6.45) is 2.23. The Hall–Kier alpha value is -3.07. The molecule has 0 saturated carbocycles. The maximum Gasteiger partial charge on any atom is 0.278 e. The molecule has 0 aliphatic carbocycles. The number of aromatic nitrogens is 3. The molecule has 132 valence electrons. The average molecular weight is 348 g/mol. The molecule has 0 bridgehead atoms. The summed E-state index contributed by atoms with van der Waals surface area (Å²) in [6, 6.07) is 8.06. The first-order chi connectivity index (χ1) is 12.3. The molecule has 0 spiro atoms. The predicted octanol–water partition coefficient (Wildman–Crippen LogP) is 3.40. The molecule has 0 unspecified atom stereocenters. The van der Waals surface area contributed by atoms with E-state index in [2.05, 4.69) is 36.1 Å². The Morgan fingerprint density at radius 3 is 2.85 bits per heavy atom. The van der Waals surface area contributed by atoms with E-state index in [1.54, 1.807) is 0 Å². The number of hydrogen-bond donors (Lipinski definition) is 1. The van der Waals surface area contributed by atoms with Crippen LogP contribution in [0.15, 0.2) is 29.2 Å². The zero-order chi connectivity index (χ0) is 18.6. The monoisotopic (exact) mass is 348 g/mol. The molecule has 0 radical (unpaired) electrons. The van der Waals surface area contributed by atoms with Crippen LogP contribution in [0.4, 0.5) is 0 Å². The number of nitriles is 1. The summed E-state index contributed by atoms with van der Waals surface area (Å²) in [7, 11) is 0. The fraction of sp³-hybridized carbons (Fsp3) is 0.350. The Balaban J connectivity index is 1.99. The molecule has 4 rings (SSSR count). The van der Waals surface area contributed by atoms with E-state index < -0.39 is 0 Å². The van der Waals surface area contributed by atoms with Crippen LogP contribution in [0.1, 0.15) is 50.3 Å². The van der Waals surface area contributed by atoms with Gasteiger partial charge in [0.25, 0.3) is 5.56 Å². The molecule has 0 atom stereocenters. The Labute approximate surface area is 151 Å². The van der Waals surface area contributed by atoms with Crippen LogP contribution in [0.2, 0.25) is 0 Å². The highest BCUT2D eigenvalue weighted by atomic mass is 16.5. The largest absolute Gasteiger partial charge is 0.487 e. The van der Waals surface area contributed by atoms with Gasteiger partial charge in [0.05, 0.1) is 11.9 Å². The highest BCUT2D eigenvalue weighted by molar-refractivity contribution is 5.70. The van der Waals surface area contributed by atoms with Crippen molar-refractivity contribution in [2.24, 2.45) is 0 Å². The summed E-state index contributed by atoms with van der Waals surface area (Å²) < 4.78 is 7.23. The van der Waals surface area contributed by atoms with Gasteiger partial charge in [-0.05, 0) is 49.1 Å². The van der Waals surface area contributed by atoms with E-state index in [-0.39, 0.29) is 17.1 Å². The Bertz CT molecular complexity index is 1130. The van der Waals surface area contributed by atoms with Crippen LogP contribution in [-0.2, 0) is 6.42 Å². The van der Waals surface area contributed by atoms with Crippen LogP contribution in [0.25, 0.3) is 16.9 Å². The third-order valence-electron chi connectivity index (χ3n) is 4.75. The van der Waals surface area contributed by atoms with E-state index in [1.807, 2.05) is 26.0 Å². The highest BCUT2D eigenvalue weighted by Crippen LogP contribution is 2.38. The van der Waals surface area contributed by atoms with E-state index in [0.29, 0.717) is 16.8 Å². The first kappa shape index (κ1) is 16.4. The zero-order valence-corrected chi connectivity index (χ0v) is 15.3. The van der Waals surface area contributed by atoms with Gasteiger partial charge in [0.2, 0.25) is 0 Å². The topological polar surface area (TPSA) is 83.2 Å². The van der Waals surface area contributed by atoms with E-state index in [9.17, 15) is 10.1 Å². The van der Waals surface area contributed by atoms with Gasteiger partial charge in [0.1, 0.15) is 23.0 Å². The zero-order valence-electron chi connectivity index (χ0n) is 15.3. The molecule has 1 aliphatic heterocycles. The molecule has 0 fully saturated rings. The molecule has 0 amide bonds. The Morgan fingerprint density at radius 2 is 2.15 bits per heavy atom. The van der Waals surface area contributed by atoms with Gasteiger partial charge in [-0.25, -0.2) is 0 Å². The van der Waals surface area contributed by atoms with Crippen molar-refractivity contribution in [2.75, 3.05) is 0 Å². The summed E-state index contributed by atoms with van der Waals surface area (Å²) >= 11 is 0. The normalized spacial score (nSPS) is 15.1. The average Bonchev–Trinajstić information content (AvgIpc) is 3.12. The molecule has 6 heteroatoms. The molecule has 6 nitrogen and oxygen atoms in total. The highest BCUT2D eigenvalue weighted by Gasteiger charge is 2.30. The van der Waals surface area contributed by atoms with Gasteiger partial charge in [-0.1, -0.05) is 13.8 Å². The number of nitrogens with one attached hydrogen (secondary N) is 1. The number of hydrogen-bond acceptors (Lipinski definition) is 4. The van der Waals surface area contributed by atoms with E-state index in [0.717, 1.165) is 29.0 Å². The second-order valence-electron chi connectivity index (χ2n) is 7.67. The quantitative estimate of drug-likeness (QED) is 0.769. The van der Waals surface area contributed by atoms with Crippen LogP contribution >= 0.6 is 0 Å². The van der Waals surface area contributed by atoms with Crippen molar-refractivity contribution in [1.29, 1.82) is 5.26 Å². The number of H-pyrrole nitrogens is 1. The van der Waals surface area contributed by atoms with Crippen LogP contribution in [0, 0.1) is 11.3 Å². The second kappa shape index (κ2) is 5.46. The molecular formula is C20H20N4O2. The van der Waals surface area contributed by atoms with Crippen molar-refractivity contribution in [3.05, 3.63) is 51.4 Å². The van der Waals surface area contributed by atoms with Crippen LogP contribution in [0.3, 0.4) is 0 Å². The molecule has 1 N–H and O–H groups in total. The fourth-order valence-corrected chi connectivity index (χ4v) is 3.64. The third kappa shape index (κ3) is 2.39. The van der Waals surface area contributed by atoms with Gasteiger partial charge in [-0.2, -0.15) is 14.9 Å². The summed E-state index contributed by atoms with van der Waals surface area (Å²) in [5.41, 5.74) is 3.79. The molecule has 2 aromatic heterocycles. The molecule has 26 heavy (non-hydrogen) atoms. The summed E-state index contributed by atoms with van der Waals surface area (Å²) in [5.74, 6) is 0.893. The lowest BCUT2D eigenvalue weighted by Crippen LogP contribution is -2.24. The van der Waals surface area contributed by atoms with Gasteiger partial charge in [-0.3, -0.25) is 4.79 Å². The Morgan fingerprint density at radius 1 is 1.38 bits per heavy atom. The van der Waals surface area contributed by atoms with Crippen LogP contribution in [-0.4, -0.2) is 20.2 Å². The van der Waals surface area contributed by atoms with Gasteiger partial charge >= 0.3 is 0 Å². The number of aromatic amines is 1. The van der Waals surface area contributed by atoms with Gasteiger partial charge < -0.3 is 9.72 Å². The van der Waals surface area contributed by atoms with E-state index >= 15 is 0 Å². The maximum atomic E-state index is 13.0. The lowest BCUT2D eigenvalue weighted by molar-refractivity contribution is 0.138. The van der Waals surface area contributed by atoms with Crippen molar-refractivity contribution in [3.8, 4) is 23.1 Å². The number of nitrogens with zero attached hydrogens (tertiary/aromatic N) is 3. The number of rotatable bonds is 2. The smallest absolute Gasteiger partial charge is 0.278 e. The molecule has 0 saturated heterocycles. The third-order valence-corrected chi connectivity index (χ3v) is 4.75. The van der Waals surface area contributed by atoms with Crippen molar-refractivity contribution >= 4 is 5.65 Å². The minimum atomic E-state index is -0.224. The van der Waals surface area contributed by atoms with Gasteiger partial charge in [0.15, 0.2) is 5.65 Å². The summed E-state index contributed by atoms with van der Waals surface area (Å²) in [4.78, 5) is 16.3. The molecule has 1 aromatic carbocycles.